The minimum atomic E-state index is -1.25. The fourth-order valence-corrected chi connectivity index (χ4v) is 5.50. The summed E-state index contributed by atoms with van der Waals surface area (Å²) in [7, 11) is -1.12. The lowest BCUT2D eigenvalue weighted by Gasteiger charge is -2.22. The van der Waals surface area contributed by atoms with Gasteiger partial charge in [-0.05, 0) is 64.6 Å². The van der Waals surface area contributed by atoms with Crippen LogP contribution >= 0.6 is 11.6 Å². The van der Waals surface area contributed by atoms with E-state index in [1.807, 2.05) is 0 Å². The van der Waals surface area contributed by atoms with Crippen LogP contribution in [0.2, 0.25) is 56.4 Å². The van der Waals surface area contributed by atoms with Crippen LogP contribution in [0.3, 0.4) is 0 Å². The summed E-state index contributed by atoms with van der Waals surface area (Å²) in [4.78, 5) is 12.9. The molecule has 0 N–H and O–H groups in total. The second-order valence-electron chi connectivity index (χ2n) is 13.0. The zero-order valence-corrected chi connectivity index (χ0v) is 29.6. The minimum Gasteiger partial charge on any atom is -0.466 e. The molecule has 40 heavy (non-hydrogen) atoms. The molecule has 0 bridgehead atoms. The molecule has 0 radical (unpaired) electrons. The van der Waals surface area contributed by atoms with Crippen LogP contribution in [0, 0.1) is 6.92 Å². The first kappa shape index (κ1) is 36.4. The number of esters is 1. The monoisotopic (exact) mass is 612 g/mol. The van der Waals surface area contributed by atoms with Gasteiger partial charge in [0.2, 0.25) is 0 Å². The van der Waals surface area contributed by atoms with Gasteiger partial charge in [-0.1, -0.05) is 74.2 Å². The third kappa shape index (κ3) is 13.9. The third-order valence-electron chi connectivity index (χ3n) is 6.38. The van der Waals surface area contributed by atoms with Gasteiger partial charge in [-0.25, -0.2) is 4.79 Å². The van der Waals surface area contributed by atoms with Crippen LogP contribution in [0.4, 0.5) is 0 Å². The number of benzene rings is 1. The number of hydrogen-bond donors (Lipinski definition) is 0. The first-order valence-electron chi connectivity index (χ1n) is 14.2. The fourth-order valence-electron chi connectivity index (χ4n) is 3.72. The summed E-state index contributed by atoms with van der Waals surface area (Å²) in [6.07, 6.45) is 6.74. The van der Waals surface area contributed by atoms with Gasteiger partial charge in [0, 0.05) is 34.9 Å². The molecule has 0 atom stereocenters. The molecule has 1 aromatic carbocycles. The van der Waals surface area contributed by atoms with E-state index in [-0.39, 0.29) is 13.6 Å². The lowest BCUT2D eigenvalue weighted by molar-refractivity contribution is 0.0160. The Bertz CT molecular complexity index is 1020. The van der Waals surface area contributed by atoms with Gasteiger partial charge in [-0.3, -0.25) is 0 Å². The molecule has 0 spiro atoms. The first-order chi connectivity index (χ1) is 18.6. The second-order valence-corrected chi connectivity index (χ2v) is 24.6. The van der Waals surface area contributed by atoms with Crippen molar-refractivity contribution in [3.8, 4) is 11.5 Å². The summed E-state index contributed by atoms with van der Waals surface area (Å²) in [6, 6.07) is 2.05. The topological polar surface area (TPSA) is 63.2 Å². The van der Waals surface area contributed by atoms with Gasteiger partial charge < -0.3 is 23.7 Å². The largest absolute Gasteiger partial charge is 0.466 e. The van der Waals surface area contributed by atoms with Crippen LogP contribution in [0.15, 0.2) is 23.3 Å². The summed E-state index contributed by atoms with van der Waals surface area (Å²) in [6.45, 7) is 23.2. The molecule has 0 saturated heterocycles. The van der Waals surface area contributed by atoms with Crippen LogP contribution in [-0.4, -0.2) is 56.0 Å². The van der Waals surface area contributed by atoms with Crippen molar-refractivity contribution in [2.24, 2.45) is 0 Å². The molecule has 0 amide bonds. The molecular weight excluding hydrogens is 560 g/mol. The first-order valence-corrected chi connectivity index (χ1v) is 22.0. The number of hydrogen-bond acceptors (Lipinski definition) is 6. The molecule has 0 aliphatic rings. The van der Waals surface area contributed by atoms with Crippen LogP contribution in [-0.2, 0) is 20.6 Å². The van der Waals surface area contributed by atoms with Gasteiger partial charge in [0.15, 0.2) is 13.6 Å². The van der Waals surface area contributed by atoms with Gasteiger partial charge >= 0.3 is 5.97 Å². The molecule has 0 aliphatic carbocycles. The van der Waals surface area contributed by atoms with Crippen molar-refractivity contribution in [2.45, 2.75) is 98.3 Å². The molecule has 0 saturated carbocycles. The van der Waals surface area contributed by atoms with Crippen molar-refractivity contribution in [3.05, 3.63) is 45.0 Å². The van der Waals surface area contributed by atoms with Gasteiger partial charge in [0.25, 0.3) is 0 Å². The molecule has 6 nitrogen and oxygen atoms in total. The molecule has 9 heteroatoms. The Labute approximate surface area is 250 Å². The molecule has 1 rings (SSSR count). The van der Waals surface area contributed by atoms with Gasteiger partial charge in [-0.15, -0.1) is 0 Å². The molecule has 0 aliphatic heterocycles. The highest BCUT2D eigenvalue weighted by Gasteiger charge is 2.28. The van der Waals surface area contributed by atoms with E-state index in [9.17, 15) is 4.79 Å². The van der Waals surface area contributed by atoms with Crippen molar-refractivity contribution >= 4 is 33.7 Å². The van der Waals surface area contributed by atoms with Crippen molar-refractivity contribution in [2.75, 3.05) is 33.9 Å². The van der Waals surface area contributed by atoms with E-state index in [2.05, 4.69) is 72.2 Å². The van der Waals surface area contributed by atoms with E-state index in [4.69, 9.17) is 35.3 Å². The highest BCUT2D eigenvalue weighted by atomic mass is 35.5. The Hall–Kier alpha value is -1.59. The van der Waals surface area contributed by atoms with Crippen LogP contribution in [0.25, 0.3) is 0 Å². The summed E-state index contributed by atoms with van der Waals surface area (Å²) < 4.78 is 29.1. The van der Waals surface area contributed by atoms with Gasteiger partial charge in [0.1, 0.15) is 17.1 Å². The van der Waals surface area contributed by atoms with E-state index in [0.29, 0.717) is 52.8 Å². The average molecular weight is 613 g/mol. The number of methoxy groups -OCH3 is 1. The average Bonchev–Trinajstić information content (AvgIpc) is 2.83. The van der Waals surface area contributed by atoms with Gasteiger partial charge in [0.05, 0.1) is 12.1 Å². The van der Waals surface area contributed by atoms with Crippen molar-refractivity contribution in [3.63, 3.8) is 0 Å². The maximum absolute atomic E-state index is 12.9. The van der Waals surface area contributed by atoms with Crippen molar-refractivity contribution in [1.29, 1.82) is 0 Å². The predicted molar refractivity (Wildman–Crippen MR) is 173 cm³/mol. The Morgan fingerprint density at radius 2 is 1.38 bits per heavy atom. The summed E-state index contributed by atoms with van der Waals surface area (Å²) in [5, 5.41) is 0.354. The minimum absolute atomic E-state index is 0.0119. The number of halogens is 1. The molecule has 1 aromatic rings. The maximum atomic E-state index is 12.9. The number of ether oxygens (including phenoxy) is 5. The summed E-state index contributed by atoms with van der Waals surface area (Å²) in [5.41, 5.74) is 4.04. The zero-order chi connectivity index (χ0) is 30.5. The maximum Gasteiger partial charge on any atom is 0.341 e. The highest BCUT2D eigenvalue weighted by Crippen LogP contribution is 2.43. The Kier molecular flexibility index (Phi) is 15.8. The van der Waals surface area contributed by atoms with Crippen LogP contribution < -0.4 is 9.47 Å². The molecule has 228 valence electrons. The number of allylic oxidation sites excluding steroid dienone is 4. The highest BCUT2D eigenvalue weighted by molar-refractivity contribution is 6.76. The fraction of sp³-hybridized carbons (Fsp3) is 0.645. The standard InChI is InChI=1S/C31H53ClO6Si2/c1-23(2)13-12-14-24(3)15-16-26-29(37-21-35-17-19-39(6,7)8)27(31(33)34-5)25(4)28(32)30(26)38-22-36-18-20-40(9,10)11/h13,15H,12,14,16-22H2,1-11H3/b24-15+. The molecule has 0 aromatic heterocycles. The lowest BCUT2D eigenvalue weighted by atomic mass is 9.98. The third-order valence-corrected chi connectivity index (χ3v) is 10.2. The Morgan fingerprint density at radius 1 is 0.850 bits per heavy atom. The van der Waals surface area contributed by atoms with E-state index >= 15 is 0 Å². The van der Waals surface area contributed by atoms with E-state index in [1.54, 1.807) is 6.92 Å². The lowest BCUT2D eigenvalue weighted by Crippen LogP contribution is -2.23. The molecule has 0 fully saturated rings. The van der Waals surface area contributed by atoms with Crippen molar-refractivity contribution in [1.82, 2.24) is 0 Å². The Morgan fingerprint density at radius 3 is 1.85 bits per heavy atom. The number of carbonyl (C=O) groups excluding carboxylic acids is 1. The van der Waals surface area contributed by atoms with Gasteiger partial charge in [-0.2, -0.15) is 0 Å². The van der Waals surface area contributed by atoms with E-state index < -0.39 is 22.1 Å². The Balaban J connectivity index is 3.41. The predicted octanol–water partition coefficient (Wildman–Crippen LogP) is 9.05. The number of rotatable bonds is 18. The van der Waals surface area contributed by atoms with Crippen molar-refractivity contribution < 1.29 is 28.5 Å². The SMILES string of the molecule is COC(=O)c1c(C)c(Cl)c(OCOCC[Si](C)(C)C)c(C/C=C(\C)CCC=C(C)C)c1OCOCC[Si](C)(C)C. The molecule has 0 heterocycles. The van der Waals surface area contributed by atoms with Crippen LogP contribution in [0.5, 0.6) is 11.5 Å². The number of carbonyl (C=O) groups is 1. The van der Waals surface area contributed by atoms with Crippen LogP contribution in [0.1, 0.15) is 55.1 Å². The summed E-state index contributed by atoms with van der Waals surface area (Å²) in [5.74, 6) is 0.331. The molecular formula is C31H53ClO6Si2. The van der Waals surface area contributed by atoms with E-state index in [0.717, 1.165) is 24.9 Å². The zero-order valence-electron chi connectivity index (χ0n) is 26.8. The van der Waals surface area contributed by atoms with E-state index in [1.165, 1.54) is 18.3 Å². The quantitative estimate of drug-likeness (QED) is 0.0542. The normalized spacial score (nSPS) is 12.3. The molecule has 0 unspecified atom stereocenters. The smallest absolute Gasteiger partial charge is 0.341 e. The second kappa shape index (κ2) is 17.4. The summed E-state index contributed by atoms with van der Waals surface area (Å²) >= 11 is 6.84.